The van der Waals surface area contributed by atoms with Crippen LogP contribution in [0.15, 0.2) is 53.1 Å². The van der Waals surface area contributed by atoms with E-state index < -0.39 is 0 Å². The first-order valence-electron chi connectivity index (χ1n) is 9.28. The number of aryl methyl sites for hydroxylation is 1. The molecule has 1 aliphatic heterocycles. The Kier molecular flexibility index (Phi) is 5.35. The quantitative estimate of drug-likeness (QED) is 0.636. The van der Waals surface area contributed by atoms with E-state index in [4.69, 9.17) is 20.9 Å². The summed E-state index contributed by atoms with van der Waals surface area (Å²) in [6.07, 6.45) is 1.77. The van der Waals surface area contributed by atoms with Gasteiger partial charge in [-0.1, -0.05) is 47.1 Å². The van der Waals surface area contributed by atoms with Gasteiger partial charge in [-0.25, -0.2) is 0 Å². The minimum atomic E-state index is 0.125. The lowest BCUT2D eigenvalue weighted by Crippen LogP contribution is -2.35. The van der Waals surface area contributed by atoms with Gasteiger partial charge in [0.1, 0.15) is 17.2 Å². The SMILES string of the molecule is COc1ccccc1CCC(=O)N1CCc2onc(-c3ccc(Cl)cc3)c2C1. The highest BCUT2D eigenvalue weighted by atomic mass is 35.5. The number of hydrogen-bond donors (Lipinski definition) is 0. The first-order chi connectivity index (χ1) is 13.7. The van der Waals surface area contributed by atoms with E-state index >= 15 is 0 Å². The zero-order valence-corrected chi connectivity index (χ0v) is 16.4. The van der Waals surface area contributed by atoms with Crippen LogP contribution in [0.4, 0.5) is 0 Å². The molecule has 4 rings (SSSR count). The predicted octanol–water partition coefficient (Wildman–Crippen LogP) is 4.52. The van der Waals surface area contributed by atoms with Crippen LogP contribution in [0, 0.1) is 0 Å². The Hall–Kier alpha value is -2.79. The smallest absolute Gasteiger partial charge is 0.223 e. The Bertz CT molecular complexity index is 982. The average Bonchev–Trinajstić information content (AvgIpc) is 3.16. The molecule has 0 atom stereocenters. The Morgan fingerprint density at radius 1 is 1.21 bits per heavy atom. The van der Waals surface area contributed by atoms with Gasteiger partial charge < -0.3 is 14.2 Å². The van der Waals surface area contributed by atoms with E-state index in [2.05, 4.69) is 5.16 Å². The van der Waals surface area contributed by atoms with Gasteiger partial charge in [0.15, 0.2) is 0 Å². The van der Waals surface area contributed by atoms with Crippen molar-refractivity contribution < 1.29 is 14.1 Å². The Balaban J connectivity index is 1.47. The lowest BCUT2D eigenvalue weighted by atomic mass is 10.0. The molecular formula is C22H21ClN2O3. The molecule has 1 amide bonds. The molecule has 0 N–H and O–H groups in total. The fraction of sp³-hybridized carbons (Fsp3) is 0.273. The van der Waals surface area contributed by atoms with E-state index in [1.165, 1.54) is 0 Å². The number of hydrogen-bond acceptors (Lipinski definition) is 4. The number of carbonyl (C=O) groups is 1. The number of amides is 1. The monoisotopic (exact) mass is 396 g/mol. The predicted molar refractivity (Wildman–Crippen MR) is 107 cm³/mol. The minimum absolute atomic E-state index is 0.125. The van der Waals surface area contributed by atoms with Gasteiger partial charge in [0.2, 0.25) is 5.91 Å². The first kappa shape index (κ1) is 18.6. The summed E-state index contributed by atoms with van der Waals surface area (Å²) in [5.41, 5.74) is 3.76. The summed E-state index contributed by atoms with van der Waals surface area (Å²) < 4.78 is 10.9. The second-order valence-electron chi connectivity index (χ2n) is 6.82. The number of nitrogens with zero attached hydrogens (tertiary/aromatic N) is 2. The van der Waals surface area contributed by atoms with Crippen molar-refractivity contribution in [3.05, 3.63) is 70.4 Å². The van der Waals surface area contributed by atoms with E-state index in [0.717, 1.165) is 33.9 Å². The Morgan fingerprint density at radius 3 is 2.79 bits per heavy atom. The van der Waals surface area contributed by atoms with E-state index in [1.54, 1.807) is 7.11 Å². The van der Waals surface area contributed by atoms with Gasteiger partial charge in [-0.2, -0.15) is 0 Å². The van der Waals surface area contributed by atoms with Gasteiger partial charge in [-0.3, -0.25) is 4.79 Å². The summed E-state index contributed by atoms with van der Waals surface area (Å²) in [6.45, 7) is 1.16. The highest BCUT2D eigenvalue weighted by molar-refractivity contribution is 6.30. The molecule has 0 spiro atoms. The largest absolute Gasteiger partial charge is 0.496 e. The molecule has 0 saturated carbocycles. The molecule has 0 fully saturated rings. The third kappa shape index (κ3) is 3.76. The maximum atomic E-state index is 12.8. The maximum Gasteiger partial charge on any atom is 0.223 e. The molecule has 0 unspecified atom stereocenters. The zero-order valence-electron chi connectivity index (χ0n) is 15.7. The number of para-hydroxylation sites is 1. The van der Waals surface area contributed by atoms with Crippen molar-refractivity contribution in [2.75, 3.05) is 13.7 Å². The number of rotatable bonds is 5. The van der Waals surface area contributed by atoms with Gasteiger partial charge in [0.25, 0.3) is 0 Å². The van der Waals surface area contributed by atoms with Crippen molar-refractivity contribution in [2.45, 2.75) is 25.8 Å². The summed E-state index contributed by atoms with van der Waals surface area (Å²) in [7, 11) is 1.65. The van der Waals surface area contributed by atoms with Crippen molar-refractivity contribution in [3.8, 4) is 17.0 Å². The van der Waals surface area contributed by atoms with Gasteiger partial charge in [0.05, 0.1) is 13.7 Å². The van der Waals surface area contributed by atoms with Crippen molar-refractivity contribution in [3.63, 3.8) is 0 Å². The van der Waals surface area contributed by atoms with Gasteiger partial charge in [-0.15, -0.1) is 0 Å². The third-order valence-corrected chi connectivity index (χ3v) is 5.35. The van der Waals surface area contributed by atoms with E-state index in [-0.39, 0.29) is 5.91 Å². The molecule has 0 bridgehead atoms. The van der Waals surface area contributed by atoms with Crippen molar-refractivity contribution >= 4 is 17.5 Å². The summed E-state index contributed by atoms with van der Waals surface area (Å²) in [5, 5.41) is 4.91. The molecule has 0 aliphatic carbocycles. The fourth-order valence-electron chi connectivity index (χ4n) is 3.57. The van der Waals surface area contributed by atoms with Crippen LogP contribution < -0.4 is 4.74 Å². The molecule has 144 valence electrons. The number of benzene rings is 2. The van der Waals surface area contributed by atoms with Crippen molar-refractivity contribution in [2.24, 2.45) is 0 Å². The molecule has 1 aromatic heterocycles. The molecule has 2 heterocycles. The summed E-state index contributed by atoms with van der Waals surface area (Å²) in [5.74, 6) is 1.80. The standard InChI is InChI=1S/C22H21ClN2O3/c1-27-19-5-3-2-4-15(19)8-11-21(26)25-13-12-20-18(14-25)22(24-28-20)16-6-9-17(23)10-7-16/h2-7,9-10H,8,11-14H2,1H3. The molecule has 28 heavy (non-hydrogen) atoms. The molecule has 2 aromatic carbocycles. The van der Waals surface area contributed by atoms with Gasteiger partial charge in [-0.05, 0) is 30.2 Å². The maximum absolute atomic E-state index is 12.8. The van der Waals surface area contributed by atoms with Crippen LogP contribution >= 0.6 is 11.6 Å². The molecule has 0 saturated heterocycles. The van der Waals surface area contributed by atoms with E-state index in [9.17, 15) is 4.79 Å². The fourth-order valence-corrected chi connectivity index (χ4v) is 3.69. The average molecular weight is 397 g/mol. The molecule has 3 aromatic rings. The van der Waals surface area contributed by atoms with Crippen LogP contribution in [-0.4, -0.2) is 29.6 Å². The van der Waals surface area contributed by atoms with E-state index in [1.807, 2.05) is 53.4 Å². The number of fused-ring (bicyclic) bond motifs is 1. The lowest BCUT2D eigenvalue weighted by molar-refractivity contribution is -0.132. The summed E-state index contributed by atoms with van der Waals surface area (Å²) in [6, 6.07) is 15.3. The van der Waals surface area contributed by atoms with Crippen LogP contribution in [0.25, 0.3) is 11.3 Å². The molecule has 6 heteroatoms. The summed E-state index contributed by atoms with van der Waals surface area (Å²) >= 11 is 5.98. The van der Waals surface area contributed by atoms with Crippen LogP contribution in [0.3, 0.4) is 0 Å². The van der Waals surface area contributed by atoms with Crippen LogP contribution in [0.2, 0.25) is 5.02 Å². The van der Waals surface area contributed by atoms with E-state index in [0.29, 0.717) is 37.4 Å². The lowest BCUT2D eigenvalue weighted by Gasteiger charge is -2.26. The summed E-state index contributed by atoms with van der Waals surface area (Å²) in [4.78, 5) is 14.7. The van der Waals surface area contributed by atoms with Crippen molar-refractivity contribution in [1.82, 2.24) is 10.1 Å². The Morgan fingerprint density at radius 2 is 2.00 bits per heavy atom. The number of halogens is 1. The second kappa shape index (κ2) is 8.07. The second-order valence-corrected chi connectivity index (χ2v) is 7.25. The molecule has 5 nitrogen and oxygen atoms in total. The molecular weight excluding hydrogens is 376 g/mol. The molecule has 0 radical (unpaired) electrons. The number of carbonyl (C=O) groups excluding carboxylic acids is 1. The van der Waals surface area contributed by atoms with Crippen LogP contribution in [0.5, 0.6) is 5.75 Å². The van der Waals surface area contributed by atoms with Gasteiger partial charge in [0, 0.05) is 35.5 Å². The highest BCUT2D eigenvalue weighted by Gasteiger charge is 2.27. The van der Waals surface area contributed by atoms with Crippen LogP contribution in [0.1, 0.15) is 23.3 Å². The highest BCUT2D eigenvalue weighted by Crippen LogP contribution is 2.31. The molecule has 1 aliphatic rings. The third-order valence-electron chi connectivity index (χ3n) is 5.10. The van der Waals surface area contributed by atoms with Crippen molar-refractivity contribution in [1.29, 1.82) is 0 Å². The normalized spacial score (nSPS) is 13.3. The number of ether oxygens (including phenoxy) is 1. The minimum Gasteiger partial charge on any atom is -0.496 e. The van der Waals surface area contributed by atoms with Crippen LogP contribution in [-0.2, 0) is 24.2 Å². The number of aromatic nitrogens is 1. The Labute approximate surface area is 168 Å². The first-order valence-corrected chi connectivity index (χ1v) is 9.66. The zero-order chi connectivity index (χ0) is 19.5. The topological polar surface area (TPSA) is 55.6 Å². The van der Waals surface area contributed by atoms with Gasteiger partial charge >= 0.3 is 0 Å². The number of methoxy groups -OCH3 is 1.